The van der Waals surface area contributed by atoms with Gasteiger partial charge in [0, 0.05) is 25.3 Å². The lowest BCUT2D eigenvalue weighted by Crippen LogP contribution is -1.99. The highest BCUT2D eigenvalue weighted by molar-refractivity contribution is 5.72. The zero-order valence-corrected chi connectivity index (χ0v) is 10.2. The van der Waals surface area contributed by atoms with E-state index in [0.717, 1.165) is 30.1 Å². The molecule has 0 spiro atoms. The van der Waals surface area contributed by atoms with E-state index in [1.807, 2.05) is 31.3 Å². The van der Waals surface area contributed by atoms with Crippen LogP contribution in [0.2, 0.25) is 0 Å². The fourth-order valence-corrected chi connectivity index (χ4v) is 2.14. The minimum Gasteiger partial charge on any atom is -0.387 e. The summed E-state index contributed by atoms with van der Waals surface area (Å²) in [7, 11) is 1.88. The summed E-state index contributed by atoms with van der Waals surface area (Å²) in [6.45, 7) is 1.47. The lowest BCUT2D eigenvalue weighted by atomic mass is 10.1. The molecule has 0 bridgehead atoms. The minimum atomic E-state index is 0.268. The van der Waals surface area contributed by atoms with Crippen LogP contribution in [0.3, 0.4) is 0 Å². The van der Waals surface area contributed by atoms with Crippen LogP contribution in [-0.2, 0) is 4.74 Å². The van der Waals surface area contributed by atoms with E-state index < -0.39 is 0 Å². The van der Waals surface area contributed by atoms with Crippen molar-refractivity contribution < 1.29 is 9.26 Å². The summed E-state index contributed by atoms with van der Waals surface area (Å²) in [5.74, 6) is 1.57. The van der Waals surface area contributed by atoms with E-state index in [-0.39, 0.29) is 5.92 Å². The first kappa shape index (κ1) is 11.2. The fourth-order valence-electron chi connectivity index (χ4n) is 2.14. The van der Waals surface area contributed by atoms with Crippen LogP contribution >= 0.6 is 0 Å². The molecular formula is C13H15N3O2. The number of benzene rings is 1. The molecule has 1 unspecified atom stereocenters. The number of hydrogen-bond donors (Lipinski definition) is 1. The molecule has 1 aromatic heterocycles. The number of nitrogens with one attached hydrogen (secondary N) is 1. The number of anilines is 1. The van der Waals surface area contributed by atoms with Crippen LogP contribution in [0.1, 0.15) is 18.2 Å². The quantitative estimate of drug-likeness (QED) is 0.899. The molecule has 3 rings (SSSR count). The van der Waals surface area contributed by atoms with E-state index in [9.17, 15) is 0 Å². The van der Waals surface area contributed by atoms with Crippen LogP contribution in [0, 0.1) is 0 Å². The Bertz CT molecular complexity index is 533. The summed E-state index contributed by atoms with van der Waals surface area (Å²) in [6.07, 6.45) is 0.965. The first-order chi connectivity index (χ1) is 8.88. The Labute approximate surface area is 105 Å². The monoisotopic (exact) mass is 245 g/mol. The molecule has 1 saturated heterocycles. The van der Waals surface area contributed by atoms with Gasteiger partial charge in [0.1, 0.15) is 0 Å². The van der Waals surface area contributed by atoms with Crippen LogP contribution in [0.25, 0.3) is 11.5 Å². The van der Waals surface area contributed by atoms with Crippen molar-refractivity contribution in [1.82, 2.24) is 10.1 Å². The zero-order chi connectivity index (χ0) is 12.4. The molecule has 0 radical (unpaired) electrons. The SMILES string of the molecule is CNc1ccccc1-c1nc(C2CCOC2)no1. The van der Waals surface area contributed by atoms with Gasteiger partial charge in [-0.2, -0.15) is 4.98 Å². The summed E-state index contributed by atoms with van der Waals surface area (Å²) in [4.78, 5) is 4.47. The molecule has 2 heterocycles. The maximum atomic E-state index is 5.35. The smallest absolute Gasteiger partial charge is 0.260 e. The maximum Gasteiger partial charge on any atom is 0.260 e. The second-order valence-corrected chi connectivity index (χ2v) is 4.31. The molecule has 1 aliphatic heterocycles. The van der Waals surface area contributed by atoms with Gasteiger partial charge in [0.2, 0.25) is 0 Å². The third-order valence-electron chi connectivity index (χ3n) is 3.16. The second-order valence-electron chi connectivity index (χ2n) is 4.31. The third-order valence-corrected chi connectivity index (χ3v) is 3.16. The van der Waals surface area contributed by atoms with E-state index in [1.165, 1.54) is 0 Å². The largest absolute Gasteiger partial charge is 0.387 e. The van der Waals surface area contributed by atoms with Gasteiger partial charge in [-0.15, -0.1) is 0 Å². The standard InChI is InChI=1S/C13H15N3O2/c1-14-11-5-3-2-4-10(11)13-15-12(16-18-13)9-6-7-17-8-9/h2-5,9,14H,6-8H2,1H3. The average molecular weight is 245 g/mol. The summed E-state index contributed by atoms with van der Waals surface area (Å²) in [5.41, 5.74) is 1.91. The molecule has 1 fully saturated rings. The van der Waals surface area contributed by atoms with Crippen LogP contribution in [0.4, 0.5) is 5.69 Å². The Balaban J connectivity index is 1.92. The van der Waals surface area contributed by atoms with Gasteiger partial charge >= 0.3 is 0 Å². The van der Waals surface area contributed by atoms with Crippen molar-refractivity contribution >= 4 is 5.69 Å². The summed E-state index contributed by atoms with van der Waals surface area (Å²) >= 11 is 0. The van der Waals surface area contributed by atoms with Crippen molar-refractivity contribution in [1.29, 1.82) is 0 Å². The second kappa shape index (κ2) is 4.78. The molecule has 94 valence electrons. The molecule has 18 heavy (non-hydrogen) atoms. The van der Waals surface area contributed by atoms with Gasteiger partial charge in [-0.05, 0) is 18.6 Å². The molecule has 2 aromatic rings. The average Bonchev–Trinajstić information content (AvgIpc) is 3.09. The number of ether oxygens (including phenoxy) is 1. The Hall–Kier alpha value is -1.88. The van der Waals surface area contributed by atoms with Crippen molar-refractivity contribution in [3.05, 3.63) is 30.1 Å². The summed E-state index contributed by atoms with van der Waals surface area (Å²) < 4.78 is 10.7. The highest BCUT2D eigenvalue weighted by atomic mass is 16.5. The lowest BCUT2D eigenvalue weighted by molar-refractivity contribution is 0.192. The number of hydrogen-bond acceptors (Lipinski definition) is 5. The normalized spacial score (nSPS) is 19.1. The lowest BCUT2D eigenvalue weighted by Gasteiger charge is -2.03. The van der Waals surface area contributed by atoms with Gasteiger partial charge in [-0.25, -0.2) is 0 Å². The van der Waals surface area contributed by atoms with E-state index in [4.69, 9.17) is 9.26 Å². The molecule has 5 heteroatoms. The van der Waals surface area contributed by atoms with Gasteiger partial charge in [-0.3, -0.25) is 0 Å². The van der Waals surface area contributed by atoms with Crippen LogP contribution in [0.5, 0.6) is 0 Å². The van der Waals surface area contributed by atoms with Crippen LogP contribution in [-0.4, -0.2) is 30.4 Å². The molecule has 1 N–H and O–H groups in total. The van der Waals surface area contributed by atoms with Crippen molar-refractivity contribution in [2.45, 2.75) is 12.3 Å². The minimum absolute atomic E-state index is 0.268. The first-order valence-electron chi connectivity index (χ1n) is 6.07. The van der Waals surface area contributed by atoms with E-state index >= 15 is 0 Å². The number of nitrogens with zero attached hydrogens (tertiary/aromatic N) is 2. The molecule has 1 atom stereocenters. The maximum absolute atomic E-state index is 5.35. The van der Waals surface area contributed by atoms with Gasteiger partial charge in [-0.1, -0.05) is 17.3 Å². The van der Waals surface area contributed by atoms with E-state index in [1.54, 1.807) is 0 Å². The molecule has 1 aromatic carbocycles. The predicted octanol–water partition coefficient (Wildman–Crippen LogP) is 2.28. The Morgan fingerprint density at radius 3 is 3.00 bits per heavy atom. The van der Waals surface area contributed by atoms with Crippen molar-refractivity contribution in [2.24, 2.45) is 0 Å². The fraction of sp³-hybridized carbons (Fsp3) is 0.385. The summed E-state index contributed by atoms with van der Waals surface area (Å²) in [5, 5.41) is 7.18. The van der Waals surface area contributed by atoms with Crippen LogP contribution in [0.15, 0.2) is 28.8 Å². The highest BCUT2D eigenvalue weighted by Gasteiger charge is 2.23. The van der Waals surface area contributed by atoms with Gasteiger partial charge in [0.15, 0.2) is 5.82 Å². The van der Waals surface area contributed by atoms with E-state index in [2.05, 4.69) is 15.5 Å². The third kappa shape index (κ3) is 1.97. The van der Waals surface area contributed by atoms with Gasteiger partial charge in [0.05, 0.1) is 12.2 Å². The molecular weight excluding hydrogens is 230 g/mol. The number of rotatable bonds is 3. The molecule has 5 nitrogen and oxygen atoms in total. The molecule has 0 amide bonds. The zero-order valence-electron chi connectivity index (χ0n) is 10.2. The Morgan fingerprint density at radius 1 is 1.33 bits per heavy atom. The summed E-state index contributed by atoms with van der Waals surface area (Å²) in [6, 6.07) is 7.88. The topological polar surface area (TPSA) is 60.2 Å². The Kier molecular flexibility index (Phi) is 2.98. The van der Waals surface area contributed by atoms with Crippen molar-refractivity contribution in [2.75, 3.05) is 25.6 Å². The number of aromatic nitrogens is 2. The molecule has 1 aliphatic rings. The molecule has 0 aliphatic carbocycles. The number of para-hydroxylation sites is 1. The van der Waals surface area contributed by atoms with Gasteiger partial charge < -0.3 is 14.6 Å². The van der Waals surface area contributed by atoms with Gasteiger partial charge in [0.25, 0.3) is 5.89 Å². The molecule has 0 saturated carbocycles. The predicted molar refractivity (Wildman–Crippen MR) is 67.5 cm³/mol. The van der Waals surface area contributed by atoms with E-state index in [0.29, 0.717) is 12.5 Å². The highest BCUT2D eigenvalue weighted by Crippen LogP contribution is 2.29. The van der Waals surface area contributed by atoms with Crippen molar-refractivity contribution in [3.8, 4) is 11.5 Å². The Morgan fingerprint density at radius 2 is 2.22 bits per heavy atom. The van der Waals surface area contributed by atoms with Crippen molar-refractivity contribution in [3.63, 3.8) is 0 Å². The first-order valence-corrected chi connectivity index (χ1v) is 6.07. The van der Waals surface area contributed by atoms with Crippen LogP contribution < -0.4 is 5.32 Å².